The van der Waals surface area contributed by atoms with Gasteiger partial charge in [-0.15, -0.1) is 0 Å². The van der Waals surface area contributed by atoms with Crippen LogP contribution in [-0.4, -0.2) is 23.2 Å². The SMILES string of the molecule is CCOC(=O)[C@@H](OC(C)(C)C)c1c(C)cc2nc(C(F)F)ccc2c1Br. The molecule has 0 amide bonds. The number of carbonyl (C=O) groups is 1. The number of nitrogens with zero attached hydrogens (tertiary/aromatic N) is 1. The molecule has 0 aliphatic carbocycles. The molecular formula is C19H22BrF2NO3. The maximum Gasteiger partial charge on any atom is 0.340 e. The van der Waals surface area contributed by atoms with Crippen LogP contribution in [-0.2, 0) is 14.3 Å². The zero-order chi connectivity index (χ0) is 19.6. The van der Waals surface area contributed by atoms with E-state index in [4.69, 9.17) is 9.47 Å². The van der Waals surface area contributed by atoms with Gasteiger partial charge in [-0.25, -0.2) is 18.6 Å². The standard InChI is InChI=1S/C19H22BrF2NO3/c1-6-25-18(24)16(26-19(3,4)5)14-10(2)9-13-11(15(14)20)7-8-12(23-13)17(21)22/h7-9,16-17H,6H2,1-5H3/t16-/m0/s1. The average molecular weight is 430 g/mol. The Morgan fingerprint density at radius 3 is 2.50 bits per heavy atom. The number of ether oxygens (including phenoxy) is 2. The molecule has 0 N–H and O–H groups in total. The van der Waals surface area contributed by atoms with Gasteiger partial charge >= 0.3 is 5.97 Å². The number of halogens is 3. The largest absolute Gasteiger partial charge is 0.464 e. The molecular weight excluding hydrogens is 408 g/mol. The van der Waals surface area contributed by atoms with Crippen LogP contribution >= 0.6 is 15.9 Å². The molecule has 1 heterocycles. The van der Waals surface area contributed by atoms with Crippen molar-refractivity contribution in [2.75, 3.05) is 6.61 Å². The maximum absolute atomic E-state index is 12.9. The second-order valence-electron chi connectivity index (χ2n) is 6.89. The number of esters is 1. The van der Waals surface area contributed by atoms with Crippen molar-refractivity contribution in [3.63, 3.8) is 0 Å². The Balaban J connectivity index is 2.64. The Morgan fingerprint density at radius 2 is 1.96 bits per heavy atom. The molecule has 0 aliphatic rings. The summed E-state index contributed by atoms with van der Waals surface area (Å²) in [5.74, 6) is -0.497. The zero-order valence-corrected chi connectivity index (χ0v) is 17.0. The molecule has 1 atom stereocenters. The van der Waals surface area contributed by atoms with Gasteiger partial charge < -0.3 is 9.47 Å². The maximum atomic E-state index is 12.9. The Kier molecular flexibility index (Phi) is 6.34. The number of carbonyl (C=O) groups excluding carboxylic acids is 1. The number of aromatic nitrogens is 1. The van der Waals surface area contributed by atoms with E-state index in [-0.39, 0.29) is 12.3 Å². The summed E-state index contributed by atoms with van der Waals surface area (Å²) in [5, 5.41) is 0.627. The number of hydrogen-bond donors (Lipinski definition) is 0. The van der Waals surface area contributed by atoms with E-state index in [0.29, 0.717) is 26.5 Å². The minimum absolute atomic E-state index is 0.229. The second-order valence-corrected chi connectivity index (χ2v) is 7.68. The van der Waals surface area contributed by atoms with Crippen LogP contribution in [0.1, 0.15) is 57.0 Å². The van der Waals surface area contributed by atoms with E-state index in [1.54, 1.807) is 26.0 Å². The Bertz CT molecular complexity index is 819. The molecule has 1 aromatic carbocycles. The van der Waals surface area contributed by atoms with Crippen LogP contribution in [0.25, 0.3) is 10.9 Å². The number of fused-ring (bicyclic) bond motifs is 1. The summed E-state index contributed by atoms with van der Waals surface area (Å²) in [5.41, 5.74) is 0.859. The van der Waals surface area contributed by atoms with Gasteiger partial charge in [-0.3, -0.25) is 0 Å². The molecule has 1 aromatic heterocycles. The highest BCUT2D eigenvalue weighted by Crippen LogP contribution is 2.38. The van der Waals surface area contributed by atoms with Gasteiger partial charge in [0.25, 0.3) is 6.43 Å². The molecule has 26 heavy (non-hydrogen) atoms. The third-order valence-corrected chi connectivity index (χ3v) is 4.51. The van der Waals surface area contributed by atoms with Gasteiger partial charge in [-0.2, -0.15) is 0 Å². The van der Waals surface area contributed by atoms with E-state index in [0.717, 1.165) is 0 Å². The van der Waals surface area contributed by atoms with Gasteiger partial charge in [-0.1, -0.05) is 0 Å². The molecule has 4 nitrogen and oxygen atoms in total. The molecule has 0 fully saturated rings. The van der Waals surface area contributed by atoms with Crippen molar-refractivity contribution in [1.82, 2.24) is 4.98 Å². The van der Waals surface area contributed by atoms with Crippen LogP contribution in [0.3, 0.4) is 0 Å². The van der Waals surface area contributed by atoms with Crippen LogP contribution in [0.5, 0.6) is 0 Å². The number of pyridine rings is 1. The normalized spacial score (nSPS) is 13.3. The lowest BCUT2D eigenvalue weighted by Gasteiger charge is -2.28. The van der Waals surface area contributed by atoms with E-state index < -0.39 is 24.1 Å². The minimum atomic E-state index is -2.64. The lowest BCUT2D eigenvalue weighted by molar-refractivity contribution is -0.167. The third-order valence-electron chi connectivity index (χ3n) is 3.66. The Morgan fingerprint density at radius 1 is 1.31 bits per heavy atom. The molecule has 0 unspecified atom stereocenters. The first kappa shape index (κ1) is 20.7. The first-order valence-corrected chi connectivity index (χ1v) is 9.06. The van der Waals surface area contributed by atoms with Crippen molar-refractivity contribution in [3.8, 4) is 0 Å². The fraction of sp³-hybridized carbons (Fsp3) is 0.474. The molecule has 0 bridgehead atoms. The number of aryl methyl sites for hydroxylation is 1. The molecule has 142 valence electrons. The van der Waals surface area contributed by atoms with Crippen LogP contribution < -0.4 is 0 Å². The lowest BCUT2D eigenvalue weighted by atomic mass is 9.99. The number of alkyl halides is 2. The van der Waals surface area contributed by atoms with Crippen LogP contribution in [0.4, 0.5) is 8.78 Å². The Hall–Kier alpha value is -1.60. The topological polar surface area (TPSA) is 48.4 Å². The van der Waals surface area contributed by atoms with E-state index in [2.05, 4.69) is 20.9 Å². The summed E-state index contributed by atoms with van der Waals surface area (Å²) in [6.07, 6.45) is -3.59. The average Bonchev–Trinajstić information content (AvgIpc) is 2.52. The first-order chi connectivity index (χ1) is 12.0. The number of benzene rings is 1. The summed E-state index contributed by atoms with van der Waals surface area (Å²) >= 11 is 3.51. The van der Waals surface area contributed by atoms with Crippen molar-refractivity contribution in [3.05, 3.63) is 39.5 Å². The highest BCUT2D eigenvalue weighted by atomic mass is 79.9. The molecule has 0 radical (unpaired) electrons. The smallest absolute Gasteiger partial charge is 0.340 e. The van der Waals surface area contributed by atoms with Gasteiger partial charge in [0.2, 0.25) is 0 Å². The fourth-order valence-electron chi connectivity index (χ4n) is 2.63. The van der Waals surface area contributed by atoms with Gasteiger partial charge in [-0.05, 0) is 74.3 Å². The predicted octanol–water partition coefficient (Wildman–Crippen LogP) is 5.66. The fourth-order valence-corrected chi connectivity index (χ4v) is 3.48. The first-order valence-electron chi connectivity index (χ1n) is 8.27. The minimum Gasteiger partial charge on any atom is -0.464 e. The highest BCUT2D eigenvalue weighted by Gasteiger charge is 2.32. The van der Waals surface area contributed by atoms with Gasteiger partial charge in [0, 0.05) is 15.4 Å². The van der Waals surface area contributed by atoms with Crippen molar-refractivity contribution < 1.29 is 23.0 Å². The van der Waals surface area contributed by atoms with Crippen LogP contribution in [0.15, 0.2) is 22.7 Å². The van der Waals surface area contributed by atoms with E-state index in [9.17, 15) is 13.6 Å². The van der Waals surface area contributed by atoms with Gasteiger partial charge in [0.15, 0.2) is 6.10 Å². The van der Waals surface area contributed by atoms with Crippen molar-refractivity contribution in [2.45, 2.75) is 52.7 Å². The van der Waals surface area contributed by atoms with E-state index in [1.807, 2.05) is 20.8 Å². The summed E-state index contributed by atoms with van der Waals surface area (Å²) < 4.78 is 37.6. The summed E-state index contributed by atoms with van der Waals surface area (Å²) in [7, 11) is 0. The van der Waals surface area contributed by atoms with Gasteiger partial charge in [0.05, 0.1) is 17.7 Å². The number of rotatable bonds is 5. The van der Waals surface area contributed by atoms with Gasteiger partial charge in [0.1, 0.15) is 5.69 Å². The van der Waals surface area contributed by atoms with Crippen LogP contribution in [0, 0.1) is 6.92 Å². The quantitative estimate of drug-likeness (QED) is 0.575. The molecule has 0 aliphatic heterocycles. The van der Waals surface area contributed by atoms with E-state index >= 15 is 0 Å². The summed E-state index contributed by atoms with van der Waals surface area (Å²) in [4.78, 5) is 16.5. The molecule has 0 saturated carbocycles. The lowest BCUT2D eigenvalue weighted by Crippen LogP contribution is -2.29. The highest BCUT2D eigenvalue weighted by molar-refractivity contribution is 9.10. The predicted molar refractivity (Wildman–Crippen MR) is 99.3 cm³/mol. The molecule has 2 rings (SSSR count). The van der Waals surface area contributed by atoms with E-state index in [1.165, 1.54) is 6.07 Å². The van der Waals surface area contributed by atoms with Crippen molar-refractivity contribution >= 4 is 32.8 Å². The molecule has 0 spiro atoms. The molecule has 7 heteroatoms. The number of hydrogen-bond acceptors (Lipinski definition) is 4. The van der Waals surface area contributed by atoms with Crippen molar-refractivity contribution in [1.29, 1.82) is 0 Å². The molecule has 2 aromatic rings. The zero-order valence-electron chi connectivity index (χ0n) is 15.4. The molecule has 0 saturated heterocycles. The second kappa shape index (κ2) is 7.96. The van der Waals surface area contributed by atoms with Crippen LogP contribution in [0.2, 0.25) is 0 Å². The Labute approximate surface area is 160 Å². The third kappa shape index (κ3) is 4.57. The van der Waals surface area contributed by atoms with Crippen molar-refractivity contribution in [2.24, 2.45) is 0 Å². The monoisotopic (exact) mass is 429 g/mol. The summed E-state index contributed by atoms with van der Waals surface area (Å²) in [6.45, 7) is 9.28. The summed E-state index contributed by atoms with van der Waals surface area (Å²) in [6, 6.07) is 4.52.